The third-order valence-electron chi connectivity index (χ3n) is 9.39. The fourth-order valence-corrected chi connectivity index (χ4v) is 6.92. The number of para-hydroxylation sites is 1. The molecule has 1 unspecified atom stereocenters. The van der Waals surface area contributed by atoms with Crippen molar-refractivity contribution in [2.24, 2.45) is 5.92 Å². The third-order valence-corrected chi connectivity index (χ3v) is 9.39. The molecule has 1 atom stereocenters. The summed E-state index contributed by atoms with van der Waals surface area (Å²) in [6, 6.07) is 23.9. The first-order valence-electron chi connectivity index (χ1n) is 16.9. The molecule has 9 nitrogen and oxygen atoms in total. The summed E-state index contributed by atoms with van der Waals surface area (Å²) in [5, 5.41) is 5.34. The number of aldehydes is 1. The molecule has 2 saturated heterocycles. The second-order valence-electron chi connectivity index (χ2n) is 13.8. The summed E-state index contributed by atoms with van der Waals surface area (Å²) in [5.74, 6) is -0.456. The molecule has 0 spiro atoms. The largest absolute Gasteiger partial charge is 0.444 e. The highest BCUT2D eigenvalue weighted by atomic mass is 16.6. The van der Waals surface area contributed by atoms with Crippen LogP contribution in [0.3, 0.4) is 0 Å². The lowest BCUT2D eigenvalue weighted by atomic mass is 9.90. The first kappa shape index (κ1) is 34.1. The summed E-state index contributed by atoms with van der Waals surface area (Å²) in [6.07, 6.45) is 3.53. The van der Waals surface area contributed by atoms with Crippen LogP contribution in [-0.2, 0) is 25.5 Å². The van der Waals surface area contributed by atoms with Crippen LogP contribution in [0.1, 0.15) is 65.4 Å². The highest BCUT2D eigenvalue weighted by molar-refractivity contribution is 5.94. The topological polar surface area (TPSA) is 99.3 Å². The smallest absolute Gasteiger partial charge is 0.410 e. The number of rotatable bonds is 9. The predicted molar refractivity (Wildman–Crippen MR) is 184 cm³/mol. The molecule has 2 fully saturated rings. The molecule has 0 bridgehead atoms. The molecular formula is C38H48N4O5. The van der Waals surface area contributed by atoms with Crippen LogP contribution in [0.2, 0.25) is 0 Å². The van der Waals surface area contributed by atoms with Gasteiger partial charge >= 0.3 is 6.09 Å². The van der Waals surface area contributed by atoms with Crippen molar-refractivity contribution in [1.82, 2.24) is 15.1 Å². The Morgan fingerprint density at radius 1 is 0.872 bits per heavy atom. The van der Waals surface area contributed by atoms with Crippen LogP contribution in [-0.4, -0.2) is 77.5 Å². The molecule has 0 radical (unpaired) electrons. The molecular weight excluding hydrogens is 592 g/mol. The van der Waals surface area contributed by atoms with Crippen molar-refractivity contribution >= 4 is 40.7 Å². The molecule has 2 aliphatic heterocycles. The standard InChI is InChI=1S/C38H48N4O5/c1-5-34(44)42(31-15-7-6-8-16-31)32-20-24-41(25-21-32)38(27-43,26-30-14-11-13-28-12-9-10-17-33(28)30)39-35(45)29-18-22-40(23-19-29)36(46)47-37(2,3)4/h6-17,27,29,32H,5,18-26H2,1-4H3,(H,39,45). The summed E-state index contributed by atoms with van der Waals surface area (Å²) in [6.45, 7) is 9.28. The average Bonchev–Trinajstić information content (AvgIpc) is 3.08. The molecule has 3 aromatic rings. The summed E-state index contributed by atoms with van der Waals surface area (Å²) in [4.78, 5) is 58.7. The van der Waals surface area contributed by atoms with Crippen molar-refractivity contribution in [3.05, 3.63) is 78.4 Å². The number of likely N-dealkylation sites (tertiary alicyclic amines) is 2. The normalized spacial score (nSPS) is 17.9. The maximum Gasteiger partial charge on any atom is 0.410 e. The Morgan fingerprint density at radius 2 is 1.51 bits per heavy atom. The van der Waals surface area contributed by atoms with Gasteiger partial charge in [-0.2, -0.15) is 0 Å². The summed E-state index contributed by atoms with van der Waals surface area (Å²) >= 11 is 0. The molecule has 5 rings (SSSR count). The van der Waals surface area contributed by atoms with Gasteiger partial charge < -0.3 is 19.9 Å². The van der Waals surface area contributed by atoms with E-state index in [1.54, 1.807) is 4.90 Å². The van der Waals surface area contributed by atoms with Crippen LogP contribution in [0.4, 0.5) is 10.5 Å². The van der Waals surface area contributed by atoms with Gasteiger partial charge in [0.25, 0.3) is 0 Å². The van der Waals surface area contributed by atoms with Gasteiger partial charge in [0.1, 0.15) is 5.60 Å². The van der Waals surface area contributed by atoms with Crippen LogP contribution in [0.15, 0.2) is 72.8 Å². The Balaban J connectivity index is 1.37. The second-order valence-corrected chi connectivity index (χ2v) is 13.8. The van der Waals surface area contributed by atoms with E-state index in [1.165, 1.54) is 0 Å². The van der Waals surface area contributed by atoms with Gasteiger partial charge in [-0.15, -0.1) is 0 Å². The van der Waals surface area contributed by atoms with E-state index in [0.717, 1.165) is 28.3 Å². The number of ether oxygens (including phenoxy) is 1. The quantitative estimate of drug-likeness (QED) is 0.291. The molecule has 0 saturated carbocycles. The van der Waals surface area contributed by atoms with E-state index in [0.29, 0.717) is 64.7 Å². The summed E-state index contributed by atoms with van der Waals surface area (Å²) < 4.78 is 5.54. The minimum Gasteiger partial charge on any atom is -0.444 e. The minimum atomic E-state index is -1.28. The number of hydrogen-bond donors (Lipinski definition) is 1. The van der Waals surface area contributed by atoms with E-state index >= 15 is 0 Å². The Bertz CT molecular complexity index is 1550. The van der Waals surface area contributed by atoms with Crippen LogP contribution in [0.25, 0.3) is 10.8 Å². The number of carbonyl (C=O) groups excluding carboxylic acids is 4. The number of carbonyl (C=O) groups is 4. The zero-order valence-electron chi connectivity index (χ0n) is 28.1. The second kappa shape index (κ2) is 14.7. The number of fused-ring (bicyclic) bond motifs is 1. The van der Waals surface area contributed by atoms with Crippen LogP contribution in [0, 0.1) is 5.92 Å². The number of benzene rings is 3. The van der Waals surface area contributed by atoms with Gasteiger partial charge in [-0.25, -0.2) is 4.79 Å². The SMILES string of the molecule is CCC(=O)N(c1ccccc1)C1CCN(C(C=O)(Cc2cccc3ccccc23)NC(=O)C2CCN(C(=O)OC(C)(C)C)CC2)CC1. The molecule has 3 amide bonds. The average molecular weight is 641 g/mol. The number of amides is 3. The minimum absolute atomic E-state index is 0.0177. The maximum atomic E-state index is 14.0. The van der Waals surface area contributed by atoms with Gasteiger partial charge in [0, 0.05) is 56.7 Å². The maximum absolute atomic E-state index is 14.0. The van der Waals surface area contributed by atoms with Gasteiger partial charge in [-0.3, -0.25) is 19.3 Å². The van der Waals surface area contributed by atoms with E-state index in [-0.39, 0.29) is 29.9 Å². The first-order chi connectivity index (χ1) is 22.5. The van der Waals surface area contributed by atoms with Crippen LogP contribution in [0.5, 0.6) is 0 Å². The van der Waals surface area contributed by atoms with Gasteiger partial charge in [0.2, 0.25) is 11.8 Å². The van der Waals surface area contributed by atoms with E-state index in [4.69, 9.17) is 4.74 Å². The first-order valence-corrected chi connectivity index (χ1v) is 16.9. The van der Waals surface area contributed by atoms with Crippen molar-refractivity contribution in [3.8, 4) is 0 Å². The highest BCUT2D eigenvalue weighted by Gasteiger charge is 2.43. The Kier molecular flexibility index (Phi) is 10.6. The zero-order valence-corrected chi connectivity index (χ0v) is 28.1. The molecule has 0 aliphatic carbocycles. The van der Waals surface area contributed by atoms with Crippen molar-refractivity contribution in [2.75, 3.05) is 31.1 Å². The zero-order chi connectivity index (χ0) is 33.6. The number of anilines is 1. The lowest BCUT2D eigenvalue weighted by molar-refractivity contribution is -0.137. The molecule has 9 heteroatoms. The Hall–Kier alpha value is -4.24. The summed E-state index contributed by atoms with van der Waals surface area (Å²) in [7, 11) is 0. The summed E-state index contributed by atoms with van der Waals surface area (Å²) in [5.41, 5.74) is -0.0159. The van der Waals surface area contributed by atoms with E-state index in [1.807, 2.05) is 99.3 Å². The Morgan fingerprint density at radius 3 is 2.15 bits per heavy atom. The van der Waals surface area contributed by atoms with E-state index < -0.39 is 11.3 Å². The molecule has 3 aromatic carbocycles. The van der Waals surface area contributed by atoms with Gasteiger partial charge in [0.15, 0.2) is 11.9 Å². The molecule has 1 N–H and O–H groups in total. The fourth-order valence-electron chi connectivity index (χ4n) is 6.92. The van der Waals surface area contributed by atoms with Gasteiger partial charge in [0.05, 0.1) is 0 Å². The van der Waals surface area contributed by atoms with Crippen molar-refractivity contribution in [1.29, 1.82) is 0 Å². The fraction of sp³-hybridized carbons (Fsp3) is 0.474. The molecule has 47 heavy (non-hydrogen) atoms. The lowest BCUT2D eigenvalue weighted by Gasteiger charge is -2.46. The lowest BCUT2D eigenvalue weighted by Crippen LogP contribution is -2.66. The highest BCUT2D eigenvalue weighted by Crippen LogP contribution is 2.31. The van der Waals surface area contributed by atoms with Crippen molar-refractivity contribution < 1.29 is 23.9 Å². The number of piperidine rings is 2. The van der Waals surface area contributed by atoms with Crippen LogP contribution < -0.4 is 10.2 Å². The molecule has 0 aromatic heterocycles. The Labute approximate surface area is 278 Å². The van der Waals surface area contributed by atoms with Crippen molar-refractivity contribution in [2.45, 2.75) is 83.5 Å². The third kappa shape index (κ3) is 8.01. The predicted octanol–water partition coefficient (Wildman–Crippen LogP) is 5.95. The van der Waals surface area contributed by atoms with E-state index in [9.17, 15) is 19.2 Å². The molecule has 2 aliphatic rings. The monoisotopic (exact) mass is 640 g/mol. The molecule has 250 valence electrons. The number of nitrogens with one attached hydrogen (secondary N) is 1. The molecule has 2 heterocycles. The van der Waals surface area contributed by atoms with Crippen molar-refractivity contribution in [3.63, 3.8) is 0 Å². The van der Waals surface area contributed by atoms with Gasteiger partial charge in [-0.1, -0.05) is 67.6 Å². The number of nitrogens with zero attached hydrogens (tertiary/aromatic N) is 3. The van der Waals surface area contributed by atoms with Gasteiger partial charge in [-0.05, 0) is 74.9 Å². The number of hydrogen-bond acceptors (Lipinski definition) is 6. The van der Waals surface area contributed by atoms with Crippen LogP contribution >= 0.6 is 0 Å². The van der Waals surface area contributed by atoms with E-state index in [2.05, 4.69) is 16.3 Å².